The van der Waals surface area contributed by atoms with Crippen LogP contribution in [0.3, 0.4) is 0 Å². The van der Waals surface area contributed by atoms with Gasteiger partial charge in [-0.05, 0) is 24.6 Å². The number of halogens is 1. The smallest absolute Gasteiger partial charge is 0.111 e. The molecule has 0 saturated carbocycles. The molecular weight excluding hydrogens is 248 g/mol. The zero-order valence-corrected chi connectivity index (χ0v) is 11.4. The fraction of sp³-hybridized carbons (Fsp3) is 0.357. The molecule has 0 spiro atoms. The summed E-state index contributed by atoms with van der Waals surface area (Å²) in [5.41, 5.74) is 0.256. The lowest BCUT2D eigenvalue weighted by Gasteiger charge is -2.23. The summed E-state index contributed by atoms with van der Waals surface area (Å²) in [6, 6.07) is 7.56. The molecule has 0 fully saturated rings. The van der Waals surface area contributed by atoms with Gasteiger partial charge in [0, 0.05) is 37.3 Å². The van der Waals surface area contributed by atoms with E-state index in [1.54, 1.807) is 6.20 Å². The molecule has 2 aromatic rings. The van der Waals surface area contributed by atoms with Gasteiger partial charge in [-0.25, -0.2) is 4.98 Å². The van der Waals surface area contributed by atoms with Gasteiger partial charge >= 0.3 is 0 Å². The highest BCUT2D eigenvalue weighted by Crippen LogP contribution is 2.19. The lowest BCUT2D eigenvalue weighted by molar-refractivity contribution is 0.0581. The molecule has 0 radical (unpaired) electrons. The summed E-state index contributed by atoms with van der Waals surface area (Å²) in [5, 5.41) is 11.2. The average Bonchev–Trinajstić information content (AvgIpc) is 2.67. The Morgan fingerprint density at radius 3 is 2.50 bits per heavy atom. The lowest BCUT2D eigenvalue weighted by Crippen LogP contribution is -2.31. The van der Waals surface area contributed by atoms with Crippen molar-refractivity contribution in [1.29, 1.82) is 0 Å². The second-order valence-corrected chi connectivity index (χ2v) is 5.37. The van der Waals surface area contributed by atoms with Crippen molar-refractivity contribution < 1.29 is 5.11 Å². The Hall–Kier alpha value is -1.32. The van der Waals surface area contributed by atoms with Crippen LogP contribution < -0.4 is 0 Å². The first-order valence-corrected chi connectivity index (χ1v) is 6.27. The van der Waals surface area contributed by atoms with Crippen LogP contribution in [0.5, 0.6) is 0 Å². The molecule has 0 saturated heterocycles. The standard InChI is InChI=1S/C14H17ClN2O/c1-14(18,10-13-16-7-8-17(13)2)9-11-3-5-12(15)6-4-11/h3-8,18H,9-10H2,1-2H3. The molecule has 0 bridgehead atoms. The summed E-state index contributed by atoms with van der Waals surface area (Å²) in [4.78, 5) is 4.24. The maximum atomic E-state index is 10.4. The molecule has 0 aliphatic rings. The Kier molecular flexibility index (Phi) is 3.73. The van der Waals surface area contributed by atoms with E-state index in [-0.39, 0.29) is 0 Å². The minimum Gasteiger partial charge on any atom is -0.389 e. The Bertz CT molecular complexity index is 517. The Morgan fingerprint density at radius 2 is 1.94 bits per heavy atom. The third-order valence-corrected chi connectivity index (χ3v) is 3.21. The minimum atomic E-state index is -0.813. The number of aliphatic hydroxyl groups is 1. The van der Waals surface area contributed by atoms with Crippen molar-refractivity contribution in [2.24, 2.45) is 7.05 Å². The van der Waals surface area contributed by atoms with Crippen molar-refractivity contribution in [3.8, 4) is 0 Å². The number of nitrogens with zero attached hydrogens (tertiary/aromatic N) is 2. The van der Waals surface area contributed by atoms with Gasteiger partial charge in [0.15, 0.2) is 0 Å². The van der Waals surface area contributed by atoms with Gasteiger partial charge in [-0.2, -0.15) is 0 Å². The number of rotatable bonds is 4. The van der Waals surface area contributed by atoms with E-state index in [1.165, 1.54) is 0 Å². The van der Waals surface area contributed by atoms with E-state index >= 15 is 0 Å². The highest BCUT2D eigenvalue weighted by atomic mass is 35.5. The molecule has 1 atom stereocenters. The largest absolute Gasteiger partial charge is 0.389 e. The second-order valence-electron chi connectivity index (χ2n) is 4.93. The summed E-state index contributed by atoms with van der Waals surface area (Å²) >= 11 is 5.84. The first kappa shape index (κ1) is 13.1. The van der Waals surface area contributed by atoms with Gasteiger partial charge in [-0.1, -0.05) is 23.7 Å². The quantitative estimate of drug-likeness (QED) is 0.922. The number of hydrogen-bond donors (Lipinski definition) is 1. The highest BCUT2D eigenvalue weighted by Gasteiger charge is 2.23. The molecule has 0 aliphatic heterocycles. The monoisotopic (exact) mass is 264 g/mol. The van der Waals surface area contributed by atoms with Crippen LogP contribution in [-0.2, 0) is 19.9 Å². The fourth-order valence-corrected chi connectivity index (χ4v) is 2.14. The van der Waals surface area contributed by atoms with Gasteiger partial charge in [0.2, 0.25) is 0 Å². The molecule has 96 valence electrons. The predicted molar refractivity (Wildman–Crippen MR) is 72.7 cm³/mol. The number of imidazole rings is 1. The van der Waals surface area contributed by atoms with Crippen molar-refractivity contribution in [3.63, 3.8) is 0 Å². The summed E-state index contributed by atoms with van der Waals surface area (Å²) in [6.07, 6.45) is 4.73. The Labute approximate surface area is 112 Å². The molecule has 0 aliphatic carbocycles. The third kappa shape index (κ3) is 3.34. The number of benzene rings is 1. The molecule has 1 aromatic carbocycles. The molecule has 1 heterocycles. The molecule has 3 nitrogen and oxygen atoms in total. The molecule has 1 unspecified atom stereocenters. The number of aromatic nitrogens is 2. The van der Waals surface area contributed by atoms with E-state index < -0.39 is 5.60 Å². The molecule has 1 N–H and O–H groups in total. The van der Waals surface area contributed by atoms with Gasteiger partial charge in [0.1, 0.15) is 5.82 Å². The van der Waals surface area contributed by atoms with Crippen LogP contribution >= 0.6 is 11.6 Å². The topological polar surface area (TPSA) is 38.0 Å². The number of aryl methyl sites for hydroxylation is 1. The molecular formula is C14H17ClN2O. The normalized spacial score (nSPS) is 14.4. The average molecular weight is 265 g/mol. The number of hydrogen-bond acceptors (Lipinski definition) is 2. The first-order valence-electron chi connectivity index (χ1n) is 5.89. The predicted octanol–water partition coefficient (Wildman–Crippen LogP) is 2.61. The second kappa shape index (κ2) is 5.12. The van der Waals surface area contributed by atoms with Crippen molar-refractivity contribution in [2.45, 2.75) is 25.4 Å². The molecule has 0 amide bonds. The third-order valence-electron chi connectivity index (χ3n) is 2.96. The van der Waals surface area contributed by atoms with Crippen LogP contribution in [0.4, 0.5) is 0 Å². The van der Waals surface area contributed by atoms with Gasteiger partial charge in [0.05, 0.1) is 5.60 Å². The maximum Gasteiger partial charge on any atom is 0.111 e. The molecule has 18 heavy (non-hydrogen) atoms. The molecule has 4 heteroatoms. The molecule has 1 aromatic heterocycles. The van der Waals surface area contributed by atoms with E-state index in [1.807, 2.05) is 49.0 Å². The van der Waals surface area contributed by atoms with Crippen LogP contribution in [0.1, 0.15) is 18.3 Å². The minimum absolute atomic E-state index is 0.527. The van der Waals surface area contributed by atoms with Crippen molar-refractivity contribution in [3.05, 3.63) is 53.1 Å². The van der Waals surface area contributed by atoms with Gasteiger partial charge in [-0.15, -0.1) is 0 Å². The van der Waals surface area contributed by atoms with E-state index in [4.69, 9.17) is 11.6 Å². The van der Waals surface area contributed by atoms with Crippen LogP contribution in [-0.4, -0.2) is 20.3 Å². The SMILES string of the molecule is Cn1ccnc1CC(C)(O)Cc1ccc(Cl)cc1. The van der Waals surface area contributed by atoms with Gasteiger partial charge < -0.3 is 9.67 Å². The zero-order valence-electron chi connectivity index (χ0n) is 10.6. The van der Waals surface area contributed by atoms with Crippen LogP contribution in [0, 0.1) is 0 Å². The van der Waals surface area contributed by atoms with Gasteiger partial charge in [-0.3, -0.25) is 0 Å². The van der Waals surface area contributed by atoms with E-state index in [9.17, 15) is 5.11 Å². The lowest BCUT2D eigenvalue weighted by atomic mass is 9.93. The highest BCUT2D eigenvalue weighted by molar-refractivity contribution is 6.30. The Balaban J connectivity index is 2.07. The summed E-state index contributed by atoms with van der Waals surface area (Å²) in [6.45, 7) is 1.83. The first-order chi connectivity index (χ1) is 8.46. The fourth-order valence-electron chi connectivity index (χ4n) is 2.01. The summed E-state index contributed by atoms with van der Waals surface area (Å²) in [7, 11) is 1.93. The molecule has 2 rings (SSSR count). The van der Waals surface area contributed by atoms with Crippen LogP contribution in [0.2, 0.25) is 5.02 Å². The van der Waals surface area contributed by atoms with Crippen LogP contribution in [0.15, 0.2) is 36.7 Å². The van der Waals surface area contributed by atoms with Crippen molar-refractivity contribution in [1.82, 2.24) is 9.55 Å². The van der Waals surface area contributed by atoms with E-state index in [2.05, 4.69) is 4.98 Å². The Morgan fingerprint density at radius 1 is 1.28 bits per heavy atom. The zero-order chi connectivity index (χ0) is 13.2. The van der Waals surface area contributed by atoms with Gasteiger partial charge in [0.25, 0.3) is 0 Å². The maximum absolute atomic E-state index is 10.4. The summed E-state index contributed by atoms with van der Waals surface area (Å²) < 4.78 is 1.93. The van der Waals surface area contributed by atoms with E-state index in [0.717, 1.165) is 11.4 Å². The van der Waals surface area contributed by atoms with E-state index in [0.29, 0.717) is 17.9 Å². The van der Waals surface area contributed by atoms with Crippen molar-refractivity contribution in [2.75, 3.05) is 0 Å². The van der Waals surface area contributed by atoms with Crippen LogP contribution in [0.25, 0.3) is 0 Å². The summed E-state index contributed by atoms with van der Waals surface area (Å²) in [5.74, 6) is 0.883. The van der Waals surface area contributed by atoms with Crippen molar-refractivity contribution >= 4 is 11.6 Å².